The number of alkyl halides is 19. The van der Waals surface area contributed by atoms with Gasteiger partial charge in [0, 0.05) is 44.7 Å². The van der Waals surface area contributed by atoms with Gasteiger partial charge >= 0.3 is 54.0 Å². The molecule has 10 atom stereocenters. The highest BCUT2D eigenvalue weighted by Crippen LogP contribution is 2.57. The molecule has 12 rings (SSSR count). The van der Waals surface area contributed by atoms with Gasteiger partial charge in [0.15, 0.2) is 39.5 Å². The van der Waals surface area contributed by atoms with Gasteiger partial charge in [-0.2, -0.15) is 100 Å². The fourth-order valence-electron chi connectivity index (χ4n) is 12.4. The van der Waals surface area contributed by atoms with Gasteiger partial charge in [-0.15, -0.1) is 0 Å². The van der Waals surface area contributed by atoms with Crippen LogP contribution in [0.2, 0.25) is 0 Å². The molecule has 1 N–H and O–H groups in total. The highest BCUT2D eigenvalue weighted by atomic mass is 127. The minimum absolute atomic E-state index is 0.187. The van der Waals surface area contributed by atoms with Crippen molar-refractivity contribution in [2.45, 2.75) is 167 Å². The molecule has 6 aliphatic rings. The Morgan fingerprint density at radius 3 is 0.832 bits per heavy atom. The van der Waals surface area contributed by atoms with E-state index in [0.29, 0.717) is 59.1 Å². The molecule has 10 unspecified atom stereocenters. The number of halogens is 21. The van der Waals surface area contributed by atoms with Crippen LogP contribution < -0.4 is 4.90 Å². The third-order valence-corrected chi connectivity index (χ3v) is 27.6. The number of rotatable bonds is 13. The van der Waals surface area contributed by atoms with Crippen LogP contribution >= 0.6 is 45.2 Å². The summed E-state index contributed by atoms with van der Waals surface area (Å²) in [7, 11) is -15.0. The molecule has 0 aromatic heterocycles. The van der Waals surface area contributed by atoms with Gasteiger partial charge in [-0.3, -0.25) is 8.37 Å². The summed E-state index contributed by atoms with van der Waals surface area (Å²) in [6.45, 7) is 11.4. The van der Waals surface area contributed by atoms with E-state index < -0.39 is 163 Å². The van der Waals surface area contributed by atoms with Gasteiger partial charge < -0.3 is 18.9 Å². The van der Waals surface area contributed by atoms with E-state index in [9.17, 15) is 110 Å². The first-order valence-electron chi connectivity index (χ1n) is 31.7. The van der Waals surface area contributed by atoms with Crippen LogP contribution in [0.15, 0.2) is 175 Å². The van der Waals surface area contributed by atoms with Crippen molar-refractivity contribution >= 4 is 109 Å². The average molecular weight is 1870 g/mol. The van der Waals surface area contributed by atoms with Crippen LogP contribution in [-0.2, 0) is 104 Å². The highest BCUT2D eigenvalue weighted by Gasteiger charge is 2.67. The Morgan fingerprint density at radius 1 is 0.439 bits per heavy atom. The molecule has 6 aromatic carbocycles. The first kappa shape index (κ1) is 89.0. The van der Waals surface area contributed by atoms with Crippen molar-refractivity contribution in [1.82, 2.24) is 0 Å². The molecule has 14 nitrogen and oxygen atoms in total. The predicted octanol–water partition coefficient (Wildman–Crippen LogP) is 16.2. The zero-order valence-corrected chi connectivity index (χ0v) is 64.3. The van der Waals surface area contributed by atoms with E-state index in [-0.39, 0.29) is 23.7 Å². The molecule has 0 radical (unpaired) electrons. The lowest BCUT2D eigenvalue weighted by Gasteiger charge is -2.25. The number of hydrogen-bond donors (Lipinski definition) is 1. The molecule has 4 aliphatic carbocycles. The van der Waals surface area contributed by atoms with Crippen LogP contribution in [0.1, 0.15) is 82.6 Å². The second-order valence-corrected chi connectivity index (χ2v) is 36.3. The van der Waals surface area contributed by atoms with E-state index in [1.54, 1.807) is 4.90 Å². The maximum absolute atomic E-state index is 12.9. The Morgan fingerprint density at radius 2 is 0.654 bits per heavy atom. The summed E-state index contributed by atoms with van der Waals surface area (Å²) in [4.78, 5) is 28.0. The van der Waals surface area contributed by atoms with Crippen molar-refractivity contribution in [3.63, 3.8) is 0 Å². The summed E-state index contributed by atoms with van der Waals surface area (Å²) in [5.41, 5.74) is -8.72. The number of fused-ring (bicyclic) bond motifs is 2. The summed E-state index contributed by atoms with van der Waals surface area (Å²) < 4.78 is 332. The number of nitrogens with one attached hydrogen (secondary N) is 1. The molecular weight excluding hydrogens is 1800 g/mol. The first-order chi connectivity index (χ1) is 49.1. The Balaban J connectivity index is 0.000000189. The quantitative estimate of drug-likeness (QED) is 0.0218. The SMILES string of the molecule is CC(F)(F)C(=O)OC1C2CC3C1OS(=O)(=O)C3C2.CC(F)(F)C(=O)OC1C2CC3C1OS(=O)(=O)C3C2.CC[NH+](CC)CC.FC(F)(F)c1ccc([S+](c2ccc(I)cc2)c2ccc(C(F)(F)F)cc2)cc1.FC(F)(F)c1ccc([S+](c2ccc(I)cc2)c2ccc(C(F)(F)F)cc2)cc1.O=S(=O)([O-])C(F)(F)F. The Kier molecular flexibility index (Phi) is 28.6. The molecule has 0 spiro atoms. The minimum atomic E-state index is -6.09. The Hall–Kier alpha value is -5.22. The van der Waals surface area contributed by atoms with Crippen LogP contribution in [0.5, 0.6) is 0 Å². The predicted molar refractivity (Wildman–Crippen MR) is 365 cm³/mol. The van der Waals surface area contributed by atoms with E-state index in [2.05, 4.69) is 66.0 Å². The molecule has 590 valence electrons. The largest absolute Gasteiger partial charge is 0.741 e. The zero-order chi connectivity index (χ0) is 80.3. The summed E-state index contributed by atoms with van der Waals surface area (Å²) >= 11 is 4.26. The lowest BCUT2D eigenvalue weighted by molar-refractivity contribution is -0.894. The maximum atomic E-state index is 12.9. The van der Waals surface area contributed by atoms with Gasteiger partial charge in [0.2, 0.25) is 0 Å². The second kappa shape index (κ2) is 34.4. The smallest absolute Gasteiger partial charge is 0.485 e. The third-order valence-electron chi connectivity index (χ3n) is 17.6. The maximum Gasteiger partial charge on any atom is 0.485 e. The highest BCUT2D eigenvalue weighted by molar-refractivity contribution is 14.1. The molecule has 4 saturated carbocycles. The summed E-state index contributed by atoms with van der Waals surface area (Å²) in [6.07, 6.45) is -19.3. The number of carbonyl (C=O) groups is 2. The van der Waals surface area contributed by atoms with Crippen molar-refractivity contribution in [2.75, 3.05) is 19.6 Å². The summed E-state index contributed by atoms with van der Waals surface area (Å²) in [6, 6.07) is 33.7. The normalized spacial score (nSPS) is 23.1. The van der Waals surface area contributed by atoms with E-state index in [1.165, 1.54) is 68.2 Å². The van der Waals surface area contributed by atoms with Crippen LogP contribution in [0, 0.1) is 30.8 Å². The molecule has 2 saturated heterocycles. The van der Waals surface area contributed by atoms with E-state index >= 15 is 0 Å². The molecule has 6 aromatic rings. The lowest BCUT2D eigenvalue weighted by Crippen LogP contribution is -3.11. The van der Waals surface area contributed by atoms with E-state index in [1.807, 2.05) is 48.5 Å². The van der Waals surface area contributed by atoms with Crippen molar-refractivity contribution in [3.8, 4) is 0 Å². The average Bonchev–Trinajstić information content (AvgIpc) is 1.56. The monoisotopic (exact) mass is 1870 g/mol. The van der Waals surface area contributed by atoms with Crippen molar-refractivity contribution in [3.05, 3.63) is 175 Å². The minimum Gasteiger partial charge on any atom is -0.741 e. The first-order valence-corrected chi connectivity index (χ1v) is 40.6. The van der Waals surface area contributed by atoms with E-state index in [0.717, 1.165) is 65.5 Å². The van der Waals surface area contributed by atoms with Gasteiger partial charge in [0.05, 0.1) is 74.2 Å². The topological polar surface area (TPSA) is 201 Å². The standard InChI is InChI=1S/2C20H12F6IS.2C10H12F2O5S.C6H15N.CHF3O3S/c2*21-19(22,23)13-1-7-16(8-2-13)28(18-11-5-15(27)6-12-18)17-9-3-14(4-10-17)20(24,25)26;2*1-10(11,12)9(13)16-7-4-2-5-6(3-4)18(14,15)17-8(5)7;1-4-7(5-2)6-3;2-1(3,4)8(5,6)7/h2*1-12H;2*4-8H,2-3H2,1H3;4-6H2,1-3H3;(H,5,6,7)/q2*+1;;;;. The Labute approximate surface area is 635 Å². The number of esters is 2. The van der Waals surface area contributed by atoms with Gasteiger partial charge in [0.25, 0.3) is 20.2 Å². The number of ether oxygens (including phenoxy) is 2. The fraction of sp³-hybridized carbons (Fsp3) is 0.433. The van der Waals surface area contributed by atoms with Crippen LogP contribution in [0.3, 0.4) is 0 Å². The zero-order valence-electron chi connectivity index (χ0n) is 55.9. The van der Waals surface area contributed by atoms with Gasteiger partial charge in [-0.05, 0) is 237 Å². The molecule has 0 amide bonds. The molecular formula is C67H64F19I2NO13S5+2. The fourth-order valence-corrected chi connectivity index (χ4v) is 20.9. The van der Waals surface area contributed by atoms with E-state index in [4.69, 9.17) is 30.8 Å². The number of hydrogen-bond acceptors (Lipinski definition) is 13. The van der Waals surface area contributed by atoms with Crippen LogP contribution in [-0.4, -0.2) is 114 Å². The van der Waals surface area contributed by atoms with Crippen molar-refractivity contribution < 1.29 is 146 Å². The van der Waals surface area contributed by atoms with Crippen molar-refractivity contribution in [1.29, 1.82) is 0 Å². The second-order valence-electron chi connectivity index (χ2n) is 24.8. The van der Waals surface area contributed by atoms with Crippen molar-refractivity contribution in [2.24, 2.45) is 23.7 Å². The molecule has 107 heavy (non-hydrogen) atoms. The number of benzene rings is 6. The van der Waals surface area contributed by atoms with Crippen LogP contribution in [0.25, 0.3) is 0 Å². The molecule has 2 heterocycles. The van der Waals surface area contributed by atoms with Gasteiger partial charge in [-0.25, -0.2) is 18.0 Å². The number of carbonyl (C=O) groups excluding carboxylic acids is 2. The molecule has 4 bridgehead atoms. The van der Waals surface area contributed by atoms with Gasteiger partial charge in [0.1, 0.15) is 24.4 Å². The number of quaternary nitrogens is 1. The molecule has 40 heteroatoms. The van der Waals surface area contributed by atoms with Crippen LogP contribution in [0.4, 0.5) is 83.4 Å². The molecule has 6 fully saturated rings. The molecule has 2 aliphatic heterocycles. The Bertz CT molecular complexity index is 3990. The summed E-state index contributed by atoms with van der Waals surface area (Å²) in [5, 5.41) is -1.10. The third kappa shape index (κ3) is 22.8. The van der Waals surface area contributed by atoms with Gasteiger partial charge in [-0.1, -0.05) is 0 Å². The lowest BCUT2D eigenvalue weighted by atomic mass is 9.94. The summed E-state index contributed by atoms with van der Waals surface area (Å²) in [5.74, 6) is -11.2.